The molecule has 106 valence electrons. The average molecular weight is 298 g/mol. The first-order chi connectivity index (χ1) is 9.50. The number of aliphatic hydroxyl groups is 2. The molecule has 8 heteroatoms. The van der Waals surface area contributed by atoms with Crippen LogP contribution in [0, 0.1) is 5.92 Å². The number of nitrogens with zero attached hydrogens (tertiary/aromatic N) is 3. The lowest BCUT2D eigenvalue weighted by molar-refractivity contribution is -0.145. The molecule has 0 saturated heterocycles. The molecule has 2 heterocycles. The highest BCUT2D eigenvalue weighted by molar-refractivity contribution is 6.33. The van der Waals surface area contributed by atoms with Gasteiger partial charge in [0.25, 0.3) is 0 Å². The van der Waals surface area contributed by atoms with Gasteiger partial charge < -0.3 is 19.9 Å². The highest BCUT2D eigenvalue weighted by Crippen LogP contribution is 2.37. The molecule has 1 saturated carbocycles. The third kappa shape index (κ3) is 1.86. The van der Waals surface area contributed by atoms with Crippen LogP contribution in [0.25, 0.3) is 11.0 Å². The van der Waals surface area contributed by atoms with Crippen molar-refractivity contribution in [3.63, 3.8) is 0 Å². The topological polar surface area (TPSA) is 108 Å². The maximum Gasteiger partial charge on any atom is 0.309 e. The first-order valence-electron chi connectivity index (χ1n) is 6.06. The number of aliphatic hydroxyl groups excluding tert-OH is 2. The van der Waals surface area contributed by atoms with E-state index >= 15 is 0 Å². The molecule has 0 aliphatic heterocycles. The minimum absolute atomic E-state index is 0.128. The van der Waals surface area contributed by atoms with Crippen LogP contribution in [-0.2, 0) is 4.79 Å². The molecule has 0 radical (unpaired) electrons. The number of carbonyl (C=O) groups is 1. The van der Waals surface area contributed by atoms with Crippen LogP contribution in [0.4, 0.5) is 0 Å². The molecule has 0 amide bonds. The Morgan fingerprint density at radius 3 is 2.75 bits per heavy atom. The highest BCUT2D eigenvalue weighted by Gasteiger charge is 2.46. The van der Waals surface area contributed by atoms with Crippen molar-refractivity contribution in [2.24, 2.45) is 5.92 Å². The number of rotatable bonds is 2. The van der Waals surface area contributed by atoms with Gasteiger partial charge in [0.1, 0.15) is 11.6 Å². The van der Waals surface area contributed by atoms with E-state index in [1.165, 1.54) is 12.5 Å². The summed E-state index contributed by atoms with van der Waals surface area (Å²) in [5.74, 6) is -2.12. The van der Waals surface area contributed by atoms with Crippen LogP contribution < -0.4 is 0 Å². The fraction of sp³-hybridized carbons (Fsp3) is 0.417. The third-order valence-corrected chi connectivity index (χ3v) is 4.05. The number of aromatic nitrogens is 3. The van der Waals surface area contributed by atoms with E-state index in [2.05, 4.69) is 9.97 Å². The molecule has 20 heavy (non-hydrogen) atoms. The molecule has 3 N–H and O–H groups in total. The summed E-state index contributed by atoms with van der Waals surface area (Å²) in [6.45, 7) is 0. The molecule has 1 fully saturated rings. The SMILES string of the molecule is O=C(O)[C@@H]1C[C@H](n2cnc3c(Cl)nccc32)[C@@H](O)[C@H]1O. The molecule has 2 aromatic rings. The minimum atomic E-state index is -1.30. The van der Waals surface area contributed by atoms with Gasteiger partial charge in [0.15, 0.2) is 5.15 Å². The van der Waals surface area contributed by atoms with Crippen molar-refractivity contribution < 1.29 is 20.1 Å². The number of carboxylic acids is 1. The zero-order valence-electron chi connectivity index (χ0n) is 10.2. The lowest BCUT2D eigenvalue weighted by atomic mass is 10.1. The molecule has 3 rings (SSSR count). The van der Waals surface area contributed by atoms with Crippen molar-refractivity contribution in [2.75, 3.05) is 0 Å². The summed E-state index contributed by atoms with van der Waals surface area (Å²) >= 11 is 5.93. The Kier molecular flexibility index (Phi) is 3.12. The molecule has 0 bridgehead atoms. The molecule has 1 aliphatic carbocycles. The molecular formula is C12H12ClN3O4. The fourth-order valence-electron chi connectivity index (χ4n) is 2.72. The smallest absolute Gasteiger partial charge is 0.309 e. The molecule has 0 aromatic carbocycles. The van der Waals surface area contributed by atoms with E-state index in [0.717, 1.165) is 0 Å². The summed E-state index contributed by atoms with van der Waals surface area (Å²) in [6.07, 6.45) is 0.647. The average Bonchev–Trinajstić information content (AvgIpc) is 2.94. The number of hydrogen-bond donors (Lipinski definition) is 3. The van der Waals surface area contributed by atoms with Gasteiger partial charge >= 0.3 is 5.97 Å². The van der Waals surface area contributed by atoms with Crippen LogP contribution in [0.5, 0.6) is 0 Å². The predicted octanol–water partition coefficient (Wildman–Crippen LogP) is 0.452. The first-order valence-corrected chi connectivity index (χ1v) is 6.44. The lowest BCUT2D eigenvalue weighted by Crippen LogP contribution is -2.32. The number of fused-ring (bicyclic) bond motifs is 1. The normalized spacial score (nSPS) is 29.9. The highest BCUT2D eigenvalue weighted by atomic mass is 35.5. The van der Waals surface area contributed by atoms with Crippen molar-refractivity contribution in [2.45, 2.75) is 24.7 Å². The van der Waals surface area contributed by atoms with Crippen LogP contribution in [0.3, 0.4) is 0 Å². The summed E-state index contributed by atoms with van der Waals surface area (Å²) in [6, 6.07) is 1.12. The zero-order valence-corrected chi connectivity index (χ0v) is 11.0. The second kappa shape index (κ2) is 4.69. The van der Waals surface area contributed by atoms with Crippen molar-refractivity contribution >= 4 is 28.6 Å². The first kappa shape index (κ1) is 13.3. The molecule has 4 atom stereocenters. The van der Waals surface area contributed by atoms with Crippen LogP contribution >= 0.6 is 11.6 Å². The van der Waals surface area contributed by atoms with Gasteiger partial charge in [-0.25, -0.2) is 9.97 Å². The number of halogens is 1. The van der Waals surface area contributed by atoms with Crippen LogP contribution in [0.2, 0.25) is 5.15 Å². The standard InChI is InChI=1S/C12H12ClN3O4/c13-11-8-6(1-2-14-11)16(4-15-8)7-3-5(12(19)20)9(17)10(7)18/h1-2,4-5,7,9-10,17-18H,3H2,(H,19,20)/t5-,7+,9+,10-/m1/s1. The number of carboxylic acid groups (broad SMARTS) is 1. The van der Waals surface area contributed by atoms with Gasteiger partial charge in [-0.2, -0.15) is 0 Å². The quantitative estimate of drug-likeness (QED) is 0.695. The molecular weight excluding hydrogens is 286 g/mol. The van der Waals surface area contributed by atoms with Crippen LogP contribution in [-0.4, -0.2) is 48.0 Å². The van der Waals surface area contributed by atoms with E-state index in [9.17, 15) is 15.0 Å². The molecule has 7 nitrogen and oxygen atoms in total. The van der Waals surface area contributed by atoms with Gasteiger partial charge in [0, 0.05) is 6.20 Å². The Bertz CT molecular complexity index is 674. The van der Waals surface area contributed by atoms with E-state index in [1.807, 2.05) is 0 Å². The summed E-state index contributed by atoms with van der Waals surface area (Å²) < 4.78 is 1.64. The van der Waals surface area contributed by atoms with Crippen LogP contribution in [0.15, 0.2) is 18.6 Å². The van der Waals surface area contributed by atoms with E-state index in [1.54, 1.807) is 10.6 Å². The van der Waals surface area contributed by atoms with Gasteiger partial charge in [0.2, 0.25) is 0 Å². The zero-order chi connectivity index (χ0) is 14.4. The number of imidazole rings is 1. The summed E-state index contributed by atoms with van der Waals surface area (Å²) in [7, 11) is 0. The lowest BCUT2D eigenvalue weighted by Gasteiger charge is -2.18. The van der Waals surface area contributed by atoms with Gasteiger partial charge in [-0.15, -0.1) is 0 Å². The molecule has 2 aromatic heterocycles. The van der Waals surface area contributed by atoms with Crippen molar-refractivity contribution in [1.29, 1.82) is 0 Å². The molecule has 1 aliphatic rings. The largest absolute Gasteiger partial charge is 0.481 e. The van der Waals surface area contributed by atoms with Crippen LogP contribution in [0.1, 0.15) is 12.5 Å². The molecule has 0 unspecified atom stereocenters. The summed E-state index contributed by atoms with van der Waals surface area (Å²) in [5, 5.41) is 29.2. The van der Waals surface area contributed by atoms with Crippen molar-refractivity contribution in [3.8, 4) is 0 Å². The number of pyridine rings is 1. The Labute approximate surface area is 118 Å². The van der Waals surface area contributed by atoms with E-state index < -0.39 is 30.1 Å². The second-order valence-corrected chi connectivity index (χ2v) is 5.21. The predicted molar refractivity (Wildman–Crippen MR) is 69.3 cm³/mol. The second-order valence-electron chi connectivity index (χ2n) is 4.85. The maximum atomic E-state index is 11.1. The van der Waals surface area contributed by atoms with Gasteiger partial charge in [0.05, 0.1) is 29.9 Å². The summed E-state index contributed by atoms with van der Waals surface area (Å²) in [4.78, 5) is 19.1. The Hall–Kier alpha value is -1.70. The number of hydrogen-bond acceptors (Lipinski definition) is 5. The van der Waals surface area contributed by atoms with Crippen molar-refractivity contribution in [1.82, 2.24) is 14.5 Å². The van der Waals surface area contributed by atoms with E-state index in [-0.39, 0.29) is 11.6 Å². The Balaban J connectivity index is 2.04. The summed E-state index contributed by atoms with van der Waals surface area (Å²) in [5.41, 5.74) is 1.13. The van der Waals surface area contributed by atoms with E-state index in [4.69, 9.17) is 16.7 Å². The minimum Gasteiger partial charge on any atom is -0.481 e. The fourth-order valence-corrected chi connectivity index (χ4v) is 2.92. The van der Waals surface area contributed by atoms with Gasteiger partial charge in [-0.05, 0) is 12.5 Å². The van der Waals surface area contributed by atoms with Gasteiger partial charge in [-0.1, -0.05) is 11.6 Å². The third-order valence-electron chi connectivity index (χ3n) is 3.77. The monoisotopic (exact) mass is 297 g/mol. The molecule has 0 spiro atoms. The van der Waals surface area contributed by atoms with Crippen molar-refractivity contribution in [3.05, 3.63) is 23.7 Å². The maximum absolute atomic E-state index is 11.1. The Morgan fingerprint density at radius 2 is 2.10 bits per heavy atom. The Morgan fingerprint density at radius 1 is 1.35 bits per heavy atom. The van der Waals surface area contributed by atoms with E-state index in [0.29, 0.717) is 11.0 Å². The van der Waals surface area contributed by atoms with Gasteiger partial charge in [-0.3, -0.25) is 4.79 Å². The number of aliphatic carboxylic acids is 1.